The zero-order valence-electron chi connectivity index (χ0n) is 19.7. The molecule has 2 amide bonds. The molecule has 35 heavy (non-hydrogen) atoms. The molecular formula is C28H28ClN3O3. The maximum absolute atomic E-state index is 13.3. The molecule has 1 aromatic heterocycles. The van der Waals surface area contributed by atoms with Crippen molar-refractivity contribution < 1.29 is 14.3 Å². The van der Waals surface area contributed by atoms with Crippen molar-refractivity contribution in [1.29, 1.82) is 0 Å². The second-order valence-electron chi connectivity index (χ2n) is 9.43. The third kappa shape index (κ3) is 4.27. The summed E-state index contributed by atoms with van der Waals surface area (Å²) in [7, 11) is 0. The van der Waals surface area contributed by atoms with Crippen molar-refractivity contribution in [3.63, 3.8) is 0 Å². The molecule has 1 spiro atoms. The van der Waals surface area contributed by atoms with Gasteiger partial charge in [-0.15, -0.1) is 0 Å². The molecule has 2 aliphatic heterocycles. The maximum Gasteiger partial charge on any atom is 0.411 e. The van der Waals surface area contributed by atoms with Gasteiger partial charge in [0.25, 0.3) is 0 Å². The Balaban J connectivity index is 1.39. The van der Waals surface area contributed by atoms with Crippen molar-refractivity contribution >= 4 is 23.6 Å². The molecule has 2 saturated heterocycles. The van der Waals surface area contributed by atoms with Crippen LogP contribution in [0.3, 0.4) is 0 Å². The van der Waals surface area contributed by atoms with Crippen LogP contribution in [0.4, 0.5) is 4.79 Å². The van der Waals surface area contributed by atoms with Crippen LogP contribution in [0.25, 0.3) is 0 Å². The Bertz CT molecular complexity index is 1200. The lowest BCUT2D eigenvalue weighted by molar-refractivity contribution is -0.136. The number of piperidine rings is 1. The summed E-state index contributed by atoms with van der Waals surface area (Å²) in [6.45, 7) is 3.56. The molecule has 7 heteroatoms. The molecule has 1 unspecified atom stereocenters. The molecule has 3 aromatic rings. The molecule has 2 aliphatic rings. The van der Waals surface area contributed by atoms with Gasteiger partial charge in [0, 0.05) is 43.3 Å². The molecule has 1 atom stereocenters. The third-order valence-corrected chi connectivity index (χ3v) is 7.77. The number of hydrogen-bond donors (Lipinski definition) is 0. The lowest BCUT2D eigenvalue weighted by Gasteiger charge is -2.48. The highest BCUT2D eigenvalue weighted by molar-refractivity contribution is 6.30. The topological polar surface area (TPSA) is 62.7 Å². The molecule has 0 bridgehead atoms. The minimum Gasteiger partial charge on any atom is -0.440 e. The molecule has 180 valence electrons. The van der Waals surface area contributed by atoms with Crippen molar-refractivity contribution in [1.82, 2.24) is 14.8 Å². The van der Waals surface area contributed by atoms with Crippen LogP contribution in [-0.4, -0.2) is 45.5 Å². The van der Waals surface area contributed by atoms with Crippen LogP contribution in [0.1, 0.15) is 36.5 Å². The van der Waals surface area contributed by atoms with Gasteiger partial charge in [-0.25, -0.2) is 4.79 Å². The van der Waals surface area contributed by atoms with Gasteiger partial charge in [0.2, 0.25) is 5.91 Å². The number of hydrogen-bond acceptors (Lipinski definition) is 4. The summed E-state index contributed by atoms with van der Waals surface area (Å²) < 4.78 is 6.22. The maximum atomic E-state index is 13.3. The number of nitrogens with zero attached hydrogens (tertiary/aromatic N) is 3. The van der Waals surface area contributed by atoms with Gasteiger partial charge in [-0.2, -0.15) is 0 Å². The number of amides is 2. The molecule has 0 radical (unpaired) electrons. The highest BCUT2D eigenvalue weighted by atomic mass is 35.5. The summed E-state index contributed by atoms with van der Waals surface area (Å²) in [5.41, 5.74) is 1.48. The summed E-state index contributed by atoms with van der Waals surface area (Å²) in [5.74, 6) is 0.0696. The van der Waals surface area contributed by atoms with Gasteiger partial charge < -0.3 is 9.64 Å². The number of benzene rings is 2. The van der Waals surface area contributed by atoms with E-state index >= 15 is 0 Å². The summed E-state index contributed by atoms with van der Waals surface area (Å²) in [4.78, 5) is 34.3. The third-order valence-electron chi connectivity index (χ3n) is 7.52. The number of carbonyl (C=O) groups excluding carboxylic acids is 2. The first-order valence-corrected chi connectivity index (χ1v) is 12.3. The fourth-order valence-corrected chi connectivity index (χ4v) is 5.55. The average molecular weight is 490 g/mol. The largest absolute Gasteiger partial charge is 0.440 e. The zero-order chi connectivity index (χ0) is 24.5. The van der Waals surface area contributed by atoms with Crippen LogP contribution in [0.15, 0.2) is 79.1 Å². The zero-order valence-corrected chi connectivity index (χ0v) is 20.4. The van der Waals surface area contributed by atoms with Crippen molar-refractivity contribution in [2.75, 3.05) is 13.1 Å². The van der Waals surface area contributed by atoms with Gasteiger partial charge in [0.1, 0.15) is 11.1 Å². The van der Waals surface area contributed by atoms with Gasteiger partial charge in [-0.1, -0.05) is 60.1 Å². The van der Waals surface area contributed by atoms with E-state index in [9.17, 15) is 9.59 Å². The summed E-state index contributed by atoms with van der Waals surface area (Å²) >= 11 is 5.97. The number of pyridine rings is 1. The summed E-state index contributed by atoms with van der Waals surface area (Å²) in [6, 6.07) is 21.3. The molecule has 2 fully saturated rings. The average Bonchev–Trinajstić information content (AvgIpc) is 3.08. The minimum atomic E-state index is -0.731. The molecule has 6 nitrogen and oxygen atoms in total. The number of ether oxygens (including phenoxy) is 1. The van der Waals surface area contributed by atoms with Crippen LogP contribution in [0.5, 0.6) is 0 Å². The van der Waals surface area contributed by atoms with Crippen LogP contribution >= 0.6 is 11.6 Å². The fourth-order valence-electron chi connectivity index (χ4n) is 5.42. The monoisotopic (exact) mass is 489 g/mol. The van der Waals surface area contributed by atoms with Crippen molar-refractivity contribution in [3.05, 3.63) is 101 Å². The molecular weight excluding hydrogens is 462 g/mol. The Labute approximate surface area is 210 Å². The van der Waals surface area contributed by atoms with Gasteiger partial charge in [-0.3, -0.25) is 14.7 Å². The van der Waals surface area contributed by atoms with Gasteiger partial charge in [-0.05, 0) is 41.8 Å². The smallest absolute Gasteiger partial charge is 0.411 e. The summed E-state index contributed by atoms with van der Waals surface area (Å²) in [6.07, 6.45) is 4.64. The Hall–Kier alpha value is -3.38. The van der Waals surface area contributed by atoms with E-state index in [4.69, 9.17) is 16.3 Å². The van der Waals surface area contributed by atoms with Crippen molar-refractivity contribution in [2.24, 2.45) is 0 Å². The van der Waals surface area contributed by atoms with Gasteiger partial charge in [0.15, 0.2) is 0 Å². The van der Waals surface area contributed by atoms with E-state index in [-0.39, 0.29) is 12.0 Å². The van der Waals surface area contributed by atoms with E-state index in [1.54, 1.807) is 24.5 Å². The Morgan fingerprint density at radius 2 is 1.71 bits per heavy atom. The van der Waals surface area contributed by atoms with E-state index in [2.05, 4.69) is 24.0 Å². The number of likely N-dealkylation sites (tertiary alicyclic amines) is 1. The molecule has 3 heterocycles. The van der Waals surface area contributed by atoms with E-state index in [0.29, 0.717) is 43.9 Å². The molecule has 0 aliphatic carbocycles. The second-order valence-corrected chi connectivity index (χ2v) is 9.87. The van der Waals surface area contributed by atoms with E-state index < -0.39 is 11.1 Å². The van der Waals surface area contributed by atoms with Gasteiger partial charge in [0.05, 0.1) is 13.0 Å². The second kappa shape index (κ2) is 9.34. The van der Waals surface area contributed by atoms with Crippen LogP contribution < -0.4 is 0 Å². The first-order chi connectivity index (χ1) is 16.9. The number of halogens is 1. The molecule has 5 rings (SSSR count). The highest BCUT2D eigenvalue weighted by Gasteiger charge is 2.63. The predicted octanol–water partition coefficient (Wildman–Crippen LogP) is 5.21. The van der Waals surface area contributed by atoms with Crippen LogP contribution in [0.2, 0.25) is 5.02 Å². The van der Waals surface area contributed by atoms with Crippen LogP contribution in [-0.2, 0) is 28.0 Å². The standard InChI is InChI=1S/C28H28ClN3O3/c1-27(23-7-3-2-4-8-23)28(35-26(34)32(27)20-22-6-5-15-30-19-22)13-16-31(17-14-28)25(33)18-21-9-11-24(29)12-10-21/h2-12,15,19H,13-14,16-18,20H2,1H3. The van der Waals surface area contributed by atoms with Crippen molar-refractivity contribution in [3.8, 4) is 0 Å². The first kappa shape index (κ1) is 23.4. The predicted molar refractivity (Wildman–Crippen MR) is 134 cm³/mol. The Kier molecular flexibility index (Phi) is 6.24. The normalized spacial score (nSPS) is 21.3. The van der Waals surface area contributed by atoms with Crippen LogP contribution in [0, 0.1) is 0 Å². The summed E-state index contributed by atoms with van der Waals surface area (Å²) in [5, 5.41) is 0.653. The van der Waals surface area contributed by atoms with E-state index in [1.807, 2.05) is 52.3 Å². The van der Waals surface area contributed by atoms with E-state index in [1.165, 1.54) is 0 Å². The van der Waals surface area contributed by atoms with Gasteiger partial charge >= 0.3 is 6.09 Å². The fraction of sp³-hybridized carbons (Fsp3) is 0.321. The SMILES string of the molecule is CC1(c2ccccc2)N(Cc2cccnc2)C(=O)OC12CCN(C(=O)Cc1ccc(Cl)cc1)CC2. The number of rotatable bonds is 5. The minimum absolute atomic E-state index is 0.0696. The molecule has 0 N–H and O–H groups in total. The lowest BCUT2D eigenvalue weighted by Crippen LogP contribution is -2.59. The van der Waals surface area contributed by atoms with E-state index in [0.717, 1.165) is 16.7 Å². The Morgan fingerprint density at radius 3 is 2.37 bits per heavy atom. The number of carbonyl (C=O) groups is 2. The first-order valence-electron chi connectivity index (χ1n) is 11.9. The molecule has 0 saturated carbocycles. The number of aromatic nitrogens is 1. The van der Waals surface area contributed by atoms with Crippen molar-refractivity contribution in [2.45, 2.75) is 43.9 Å². The molecule has 2 aromatic carbocycles. The Morgan fingerprint density at radius 1 is 1.00 bits per heavy atom. The highest BCUT2D eigenvalue weighted by Crippen LogP contribution is 2.52. The lowest BCUT2D eigenvalue weighted by atomic mass is 9.70. The quantitative estimate of drug-likeness (QED) is 0.493.